The maximum atomic E-state index is 6.37. The van der Waals surface area contributed by atoms with Gasteiger partial charge >= 0.3 is 0 Å². The molecule has 0 aromatic carbocycles. The van der Waals surface area contributed by atoms with Gasteiger partial charge in [-0.25, -0.2) is 0 Å². The Hall–Kier alpha value is -0.250. The van der Waals surface area contributed by atoms with E-state index < -0.39 is 0 Å². The number of hydrogen-bond acceptors (Lipinski definition) is 2. The van der Waals surface area contributed by atoms with Crippen molar-refractivity contribution in [3.63, 3.8) is 0 Å². The van der Waals surface area contributed by atoms with E-state index in [0.717, 1.165) is 16.9 Å². The first-order valence-electron chi connectivity index (χ1n) is 4.68. The molecule has 0 aliphatic rings. The van der Waals surface area contributed by atoms with Crippen LogP contribution in [0.15, 0.2) is 33.5 Å². The first-order valence-corrected chi connectivity index (χ1v) is 6.72. The molecule has 1 nitrogen and oxygen atoms in total. The molecule has 80 valence electrons. The molecular formula is C11H10BrClOS. The third-order valence-corrected chi connectivity index (χ3v) is 4.74. The zero-order chi connectivity index (χ0) is 10.8. The van der Waals surface area contributed by atoms with E-state index in [9.17, 15) is 0 Å². The Labute approximate surface area is 106 Å². The summed E-state index contributed by atoms with van der Waals surface area (Å²) in [7, 11) is 0. The molecule has 2 heterocycles. The van der Waals surface area contributed by atoms with E-state index >= 15 is 0 Å². The van der Waals surface area contributed by atoms with E-state index in [1.54, 1.807) is 17.6 Å². The van der Waals surface area contributed by atoms with Crippen LogP contribution in [0, 0.1) is 0 Å². The van der Waals surface area contributed by atoms with Gasteiger partial charge in [-0.2, -0.15) is 0 Å². The number of aryl methyl sites for hydroxylation is 1. The van der Waals surface area contributed by atoms with Crippen LogP contribution in [0.1, 0.15) is 27.6 Å². The number of alkyl halides is 1. The van der Waals surface area contributed by atoms with Gasteiger partial charge in [-0.3, -0.25) is 0 Å². The van der Waals surface area contributed by atoms with Crippen molar-refractivity contribution in [2.24, 2.45) is 0 Å². The summed E-state index contributed by atoms with van der Waals surface area (Å²) in [5.41, 5.74) is 0.987. The lowest BCUT2D eigenvalue weighted by Gasteiger charge is -2.04. The molecule has 2 rings (SSSR count). The minimum Gasteiger partial charge on any atom is -0.457 e. The average molecular weight is 306 g/mol. The molecular weight excluding hydrogens is 296 g/mol. The second-order valence-corrected chi connectivity index (χ2v) is 5.53. The summed E-state index contributed by atoms with van der Waals surface area (Å²) in [4.78, 5) is 2.52. The summed E-state index contributed by atoms with van der Waals surface area (Å²) < 4.78 is 5.89. The highest BCUT2D eigenvalue weighted by Crippen LogP contribution is 2.37. The third-order valence-electron chi connectivity index (χ3n) is 2.20. The lowest BCUT2D eigenvalue weighted by Crippen LogP contribution is -1.87. The van der Waals surface area contributed by atoms with Gasteiger partial charge in [-0.1, -0.05) is 6.92 Å². The number of halogens is 2. The van der Waals surface area contributed by atoms with Gasteiger partial charge in [0.1, 0.15) is 0 Å². The normalized spacial score (nSPS) is 13.0. The second kappa shape index (κ2) is 4.73. The van der Waals surface area contributed by atoms with Crippen LogP contribution < -0.4 is 0 Å². The summed E-state index contributed by atoms with van der Waals surface area (Å²) >= 11 is 11.5. The van der Waals surface area contributed by atoms with Crippen LogP contribution in [-0.2, 0) is 6.42 Å². The van der Waals surface area contributed by atoms with Crippen LogP contribution in [0.4, 0.5) is 0 Å². The van der Waals surface area contributed by atoms with Crippen molar-refractivity contribution in [2.75, 3.05) is 0 Å². The highest BCUT2D eigenvalue weighted by molar-refractivity contribution is 9.10. The van der Waals surface area contributed by atoms with Crippen molar-refractivity contribution < 1.29 is 4.42 Å². The molecule has 0 spiro atoms. The van der Waals surface area contributed by atoms with E-state index in [1.807, 2.05) is 6.07 Å². The molecule has 4 heteroatoms. The molecule has 0 fully saturated rings. The van der Waals surface area contributed by atoms with Crippen LogP contribution in [0.3, 0.4) is 0 Å². The second-order valence-electron chi connectivity index (χ2n) is 3.17. The quantitative estimate of drug-likeness (QED) is 0.728. The van der Waals surface area contributed by atoms with Crippen LogP contribution in [0.2, 0.25) is 0 Å². The van der Waals surface area contributed by atoms with Crippen molar-refractivity contribution in [3.8, 4) is 0 Å². The van der Waals surface area contributed by atoms with Crippen molar-refractivity contribution in [2.45, 2.75) is 18.7 Å². The SMILES string of the molecule is CCc1ccc(C(Cl)c2ccoc2Br)s1. The summed E-state index contributed by atoms with van der Waals surface area (Å²) in [5, 5.41) is -0.122. The first kappa shape index (κ1) is 11.2. The van der Waals surface area contributed by atoms with Gasteiger partial charge < -0.3 is 4.42 Å². The van der Waals surface area contributed by atoms with Crippen molar-refractivity contribution in [1.29, 1.82) is 0 Å². The Morgan fingerprint density at radius 3 is 2.80 bits per heavy atom. The number of furan rings is 1. The van der Waals surface area contributed by atoms with Gasteiger partial charge in [0.15, 0.2) is 4.67 Å². The van der Waals surface area contributed by atoms with E-state index in [2.05, 4.69) is 35.0 Å². The molecule has 1 atom stereocenters. The first-order chi connectivity index (χ1) is 7.22. The lowest BCUT2D eigenvalue weighted by atomic mass is 10.2. The van der Waals surface area contributed by atoms with Gasteiger partial charge in [0.25, 0.3) is 0 Å². The molecule has 0 saturated heterocycles. The molecule has 0 bridgehead atoms. The van der Waals surface area contributed by atoms with Gasteiger partial charge in [0.05, 0.1) is 11.6 Å². The maximum absolute atomic E-state index is 6.37. The fourth-order valence-corrected chi connectivity index (χ4v) is 3.29. The minimum absolute atomic E-state index is 0.122. The summed E-state index contributed by atoms with van der Waals surface area (Å²) in [6, 6.07) is 6.11. The zero-order valence-corrected chi connectivity index (χ0v) is 11.3. The summed E-state index contributed by atoms with van der Waals surface area (Å²) in [6.45, 7) is 2.15. The zero-order valence-electron chi connectivity index (χ0n) is 8.17. The number of hydrogen-bond donors (Lipinski definition) is 0. The van der Waals surface area contributed by atoms with Crippen LogP contribution in [0.25, 0.3) is 0 Å². The Balaban J connectivity index is 2.28. The predicted molar refractivity (Wildman–Crippen MR) is 67.8 cm³/mol. The lowest BCUT2D eigenvalue weighted by molar-refractivity contribution is 0.537. The maximum Gasteiger partial charge on any atom is 0.173 e. The third kappa shape index (κ3) is 2.30. The van der Waals surface area contributed by atoms with Gasteiger partial charge in [0.2, 0.25) is 0 Å². The molecule has 15 heavy (non-hydrogen) atoms. The molecule has 1 unspecified atom stereocenters. The largest absolute Gasteiger partial charge is 0.457 e. The minimum atomic E-state index is -0.122. The highest BCUT2D eigenvalue weighted by Gasteiger charge is 2.17. The highest BCUT2D eigenvalue weighted by atomic mass is 79.9. The van der Waals surface area contributed by atoms with E-state index in [1.165, 1.54) is 4.88 Å². The molecule has 0 aliphatic carbocycles. The van der Waals surface area contributed by atoms with Crippen molar-refractivity contribution in [3.05, 3.63) is 44.4 Å². The number of thiophene rings is 1. The fraction of sp³-hybridized carbons (Fsp3) is 0.273. The van der Waals surface area contributed by atoms with Gasteiger partial charge in [-0.15, -0.1) is 22.9 Å². The van der Waals surface area contributed by atoms with Gasteiger partial charge in [0, 0.05) is 15.3 Å². The van der Waals surface area contributed by atoms with E-state index in [-0.39, 0.29) is 5.38 Å². The van der Waals surface area contributed by atoms with Crippen LogP contribution in [0.5, 0.6) is 0 Å². The molecule has 0 aliphatic heterocycles. The van der Waals surface area contributed by atoms with Crippen molar-refractivity contribution >= 4 is 38.9 Å². The standard InChI is InChI=1S/C11H10BrClOS/c1-2-7-3-4-9(15-7)10(13)8-5-6-14-11(8)12/h3-6,10H,2H2,1H3. The van der Waals surface area contributed by atoms with E-state index in [4.69, 9.17) is 16.0 Å². The number of rotatable bonds is 3. The fourth-order valence-electron chi connectivity index (χ4n) is 1.36. The molecule has 2 aromatic rings. The molecule has 0 saturated carbocycles. The van der Waals surface area contributed by atoms with Crippen LogP contribution in [-0.4, -0.2) is 0 Å². The topological polar surface area (TPSA) is 13.1 Å². The van der Waals surface area contributed by atoms with E-state index in [0.29, 0.717) is 4.67 Å². The van der Waals surface area contributed by atoms with Crippen LogP contribution >= 0.6 is 38.9 Å². The molecule has 0 radical (unpaired) electrons. The Kier molecular flexibility index (Phi) is 3.54. The summed E-state index contributed by atoms with van der Waals surface area (Å²) in [5.74, 6) is 0. The Bertz CT molecular complexity index is 449. The molecule has 0 amide bonds. The van der Waals surface area contributed by atoms with Crippen molar-refractivity contribution in [1.82, 2.24) is 0 Å². The van der Waals surface area contributed by atoms with Gasteiger partial charge in [-0.05, 0) is 40.5 Å². The summed E-state index contributed by atoms with van der Waals surface area (Å²) in [6.07, 6.45) is 2.70. The Morgan fingerprint density at radius 1 is 1.47 bits per heavy atom. The smallest absolute Gasteiger partial charge is 0.173 e. The predicted octanol–water partition coefficient (Wildman–Crippen LogP) is 4.99. The molecule has 2 aromatic heterocycles. The Morgan fingerprint density at radius 2 is 2.27 bits per heavy atom. The molecule has 0 N–H and O–H groups in total. The average Bonchev–Trinajstić information content (AvgIpc) is 2.84. The monoisotopic (exact) mass is 304 g/mol.